The van der Waals surface area contributed by atoms with Gasteiger partial charge in [0.2, 0.25) is 0 Å². The molecule has 18 heavy (non-hydrogen) atoms. The summed E-state index contributed by atoms with van der Waals surface area (Å²) in [6.07, 6.45) is 2.09. The zero-order valence-electron chi connectivity index (χ0n) is 9.96. The quantitative estimate of drug-likeness (QED) is 0.870. The SMILES string of the molecule is O=C(O)[C@H]1CCCN1C(=O)NCCc1ccsc1. The van der Waals surface area contributed by atoms with Crippen molar-refractivity contribution in [2.45, 2.75) is 25.3 Å². The highest BCUT2D eigenvalue weighted by atomic mass is 32.1. The monoisotopic (exact) mass is 268 g/mol. The fraction of sp³-hybridized carbons (Fsp3) is 0.500. The summed E-state index contributed by atoms with van der Waals surface area (Å²) in [6.45, 7) is 1.07. The first-order chi connectivity index (χ1) is 8.68. The number of thiophene rings is 1. The van der Waals surface area contributed by atoms with Gasteiger partial charge in [-0.2, -0.15) is 11.3 Å². The van der Waals surface area contributed by atoms with Crippen LogP contribution in [-0.2, 0) is 11.2 Å². The smallest absolute Gasteiger partial charge is 0.326 e. The Morgan fingerprint density at radius 1 is 1.56 bits per heavy atom. The highest BCUT2D eigenvalue weighted by Crippen LogP contribution is 2.17. The van der Waals surface area contributed by atoms with Gasteiger partial charge in [0.1, 0.15) is 6.04 Å². The van der Waals surface area contributed by atoms with Crippen molar-refractivity contribution >= 4 is 23.3 Å². The Morgan fingerprint density at radius 3 is 3.06 bits per heavy atom. The third-order valence-corrected chi connectivity index (χ3v) is 3.80. The number of rotatable bonds is 4. The van der Waals surface area contributed by atoms with Crippen molar-refractivity contribution in [3.63, 3.8) is 0 Å². The lowest BCUT2D eigenvalue weighted by atomic mass is 10.2. The van der Waals surface area contributed by atoms with Gasteiger partial charge in [-0.05, 0) is 41.7 Å². The van der Waals surface area contributed by atoms with Crippen LogP contribution in [0.1, 0.15) is 18.4 Å². The van der Waals surface area contributed by atoms with E-state index in [-0.39, 0.29) is 6.03 Å². The molecule has 2 N–H and O–H groups in total. The van der Waals surface area contributed by atoms with Crippen LogP contribution in [0.4, 0.5) is 4.79 Å². The number of urea groups is 1. The van der Waals surface area contributed by atoms with E-state index in [0.717, 1.165) is 12.8 Å². The molecule has 1 aromatic heterocycles. The summed E-state index contributed by atoms with van der Waals surface area (Å²) >= 11 is 1.63. The molecule has 1 aliphatic heterocycles. The minimum Gasteiger partial charge on any atom is -0.480 e. The number of nitrogens with one attached hydrogen (secondary N) is 1. The lowest BCUT2D eigenvalue weighted by Gasteiger charge is -2.21. The van der Waals surface area contributed by atoms with Gasteiger partial charge >= 0.3 is 12.0 Å². The maximum atomic E-state index is 11.8. The largest absolute Gasteiger partial charge is 0.480 e. The molecule has 0 spiro atoms. The van der Waals surface area contributed by atoms with Crippen molar-refractivity contribution in [1.29, 1.82) is 0 Å². The second kappa shape index (κ2) is 5.86. The van der Waals surface area contributed by atoms with E-state index in [9.17, 15) is 9.59 Å². The van der Waals surface area contributed by atoms with E-state index >= 15 is 0 Å². The maximum absolute atomic E-state index is 11.8. The second-order valence-corrected chi connectivity index (χ2v) is 5.08. The van der Waals surface area contributed by atoms with E-state index in [4.69, 9.17) is 5.11 Å². The van der Waals surface area contributed by atoms with Gasteiger partial charge in [-0.15, -0.1) is 0 Å². The lowest BCUT2D eigenvalue weighted by molar-refractivity contribution is -0.141. The lowest BCUT2D eigenvalue weighted by Crippen LogP contribution is -2.46. The molecule has 1 aromatic rings. The standard InChI is InChI=1S/C12H16N2O3S/c15-11(16)10-2-1-6-14(10)12(17)13-5-3-9-4-7-18-8-9/h4,7-8,10H,1-3,5-6H2,(H,13,17)(H,15,16)/t10-/m1/s1. The Kier molecular flexibility index (Phi) is 4.19. The molecule has 1 fully saturated rings. The zero-order chi connectivity index (χ0) is 13.0. The van der Waals surface area contributed by atoms with Crippen molar-refractivity contribution < 1.29 is 14.7 Å². The predicted molar refractivity (Wildman–Crippen MR) is 68.8 cm³/mol. The molecule has 0 bridgehead atoms. The normalized spacial score (nSPS) is 18.9. The van der Waals surface area contributed by atoms with Crippen LogP contribution in [0.3, 0.4) is 0 Å². The Balaban J connectivity index is 1.79. The van der Waals surface area contributed by atoms with Crippen LogP contribution in [0.5, 0.6) is 0 Å². The summed E-state index contributed by atoms with van der Waals surface area (Å²) in [5.74, 6) is -0.916. The molecule has 6 heteroatoms. The van der Waals surface area contributed by atoms with Crippen molar-refractivity contribution in [1.82, 2.24) is 10.2 Å². The third-order valence-electron chi connectivity index (χ3n) is 3.07. The molecule has 0 aliphatic carbocycles. The fourth-order valence-corrected chi connectivity index (χ4v) is 2.82. The van der Waals surface area contributed by atoms with Crippen LogP contribution in [0.25, 0.3) is 0 Å². The number of aliphatic carboxylic acids is 1. The third kappa shape index (κ3) is 3.01. The number of carbonyl (C=O) groups is 2. The average Bonchev–Trinajstić information content (AvgIpc) is 2.99. The van der Waals surface area contributed by atoms with Gasteiger partial charge < -0.3 is 15.3 Å². The van der Waals surface area contributed by atoms with E-state index in [1.807, 2.05) is 16.8 Å². The highest BCUT2D eigenvalue weighted by Gasteiger charge is 2.33. The maximum Gasteiger partial charge on any atom is 0.326 e. The molecule has 0 aromatic carbocycles. The van der Waals surface area contributed by atoms with Crippen LogP contribution in [0.15, 0.2) is 16.8 Å². The highest BCUT2D eigenvalue weighted by molar-refractivity contribution is 7.07. The molecule has 5 nitrogen and oxygen atoms in total. The first-order valence-electron chi connectivity index (χ1n) is 5.97. The molecule has 2 amide bonds. The number of hydrogen-bond acceptors (Lipinski definition) is 3. The Labute approximate surface area is 109 Å². The minimum atomic E-state index is -0.916. The van der Waals surface area contributed by atoms with E-state index in [0.29, 0.717) is 19.5 Å². The molecule has 0 radical (unpaired) electrons. The number of nitrogens with zero attached hydrogens (tertiary/aromatic N) is 1. The van der Waals surface area contributed by atoms with E-state index in [1.54, 1.807) is 11.3 Å². The van der Waals surface area contributed by atoms with Gasteiger partial charge in [0.25, 0.3) is 0 Å². The van der Waals surface area contributed by atoms with Gasteiger partial charge in [0.05, 0.1) is 0 Å². The van der Waals surface area contributed by atoms with Crippen molar-refractivity contribution in [3.05, 3.63) is 22.4 Å². The van der Waals surface area contributed by atoms with Crippen LogP contribution in [-0.4, -0.2) is 41.1 Å². The zero-order valence-corrected chi connectivity index (χ0v) is 10.8. The number of carbonyl (C=O) groups excluding carboxylic acids is 1. The Morgan fingerprint density at radius 2 is 2.39 bits per heavy atom. The van der Waals surface area contributed by atoms with Gasteiger partial charge in [-0.1, -0.05) is 0 Å². The van der Waals surface area contributed by atoms with Gasteiger partial charge in [-0.25, -0.2) is 9.59 Å². The Bertz CT molecular complexity index is 419. The molecule has 0 unspecified atom stereocenters. The van der Waals surface area contributed by atoms with Crippen LogP contribution in [0, 0.1) is 0 Å². The first kappa shape index (κ1) is 12.9. The Hall–Kier alpha value is -1.56. The first-order valence-corrected chi connectivity index (χ1v) is 6.91. The van der Waals surface area contributed by atoms with Crippen molar-refractivity contribution in [3.8, 4) is 0 Å². The molecular formula is C12H16N2O3S. The van der Waals surface area contributed by atoms with Crippen LogP contribution in [0.2, 0.25) is 0 Å². The molecule has 98 valence electrons. The molecule has 1 atom stereocenters. The molecule has 1 aliphatic rings. The van der Waals surface area contributed by atoms with Gasteiger partial charge in [-0.3, -0.25) is 0 Å². The van der Waals surface area contributed by atoms with Gasteiger partial charge in [0.15, 0.2) is 0 Å². The van der Waals surface area contributed by atoms with Crippen LogP contribution < -0.4 is 5.32 Å². The molecule has 2 rings (SSSR count). The van der Waals surface area contributed by atoms with Crippen molar-refractivity contribution in [2.24, 2.45) is 0 Å². The summed E-state index contributed by atoms with van der Waals surface area (Å²) in [7, 11) is 0. The van der Waals surface area contributed by atoms with Crippen LogP contribution >= 0.6 is 11.3 Å². The summed E-state index contributed by atoms with van der Waals surface area (Å²) in [5, 5.41) is 15.8. The van der Waals surface area contributed by atoms with Gasteiger partial charge in [0, 0.05) is 13.1 Å². The minimum absolute atomic E-state index is 0.268. The average molecular weight is 268 g/mol. The van der Waals surface area contributed by atoms with E-state index < -0.39 is 12.0 Å². The number of hydrogen-bond donors (Lipinski definition) is 2. The predicted octanol–water partition coefficient (Wildman–Crippen LogP) is 1.55. The fourth-order valence-electron chi connectivity index (χ4n) is 2.12. The summed E-state index contributed by atoms with van der Waals surface area (Å²) in [5.41, 5.74) is 1.19. The molecular weight excluding hydrogens is 252 g/mol. The number of amides is 2. The van der Waals surface area contributed by atoms with E-state index in [2.05, 4.69) is 5.32 Å². The summed E-state index contributed by atoms with van der Waals surface area (Å²) in [4.78, 5) is 24.2. The van der Waals surface area contributed by atoms with Crippen molar-refractivity contribution in [2.75, 3.05) is 13.1 Å². The molecule has 2 heterocycles. The second-order valence-electron chi connectivity index (χ2n) is 4.30. The number of carboxylic acids is 1. The van der Waals surface area contributed by atoms with E-state index in [1.165, 1.54) is 10.5 Å². The molecule has 1 saturated heterocycles. The number of carboxylic acid groups (broad SMARTS) is 1. The molecule has 0 saturated carbocycles. The summed E-state index contributed by atoms with van der Waals surface area (Å²) in [6, 6.07) is 1.09. The number of likely N-dealkylation sites (tertiary alicyclic amines) is 1. The summed E-state index contributed by atoms with van der Waals surface area (Å²) < 4.78 is 0. The topological polar surface area (TPSA) is 69.6 Å².